The topological polar surface area (TPSA) is 20.2 Å². The Morgan fingerprint density at radius 1 is 1.40 bits per heavy atom. The summed E-state index contributed by atoms with van der Waals surface area (Å²) < 4.78 is 1.97. The van der Waals surface area contributed by atoms with Gasteiger partial charge in [-0.05, 0) is 29.4 Å². The molecule has 0 aliphatic rings. The monoisotopic (exact) mass is 322 g/mol. The first-order valence-corrected chi connectivity index (χ1v) is 6.99. The van der Waals surface area contributed by atoms with E-state index < -0.39 is 0 Å². The summed E-state index contributed by atoms with van der Waals surface area (Å²) in [6, 6.07) is 0. The van der Waals surface area contributed by atoms with Crippen LogP contribution >= 0.6 is 22.6 Å². The molecule has 2 atom stereocenters. The summed E-state index contributed by atoms with van der Waals surface area (Å²) in [6.07, 6.45) is 8.76. The van der Waals surface area contributed by atoms with Gasteiger partial charge in [-0.1, -0.05) is 61.4 Å². The van der Waals surface area contributed by atoms with Crippen molar-refractivity contribution in [3.63, 3.8) is 0 Å². The molecular weight excluding hydrogens is 299 g/mol. The quantitative estimate of drug-likeness (QED) is 0.417. The average Bonchev–Trinajstić information content (AvgIpc) is 2.23. The summed E-state index contributed by atoms with van der Waals surface area (Å²) >= 11 is 2.19. The first-order valence-electron chi connectivity index (χ1n) is 5.75. The van der Waals surface area contributed by atoms with Gasteiger partial charge in [0, 0.05) is 5.92 Å². The summed E-state index contributed by atoms with van der Waals surface area (Å²) in [5.41, 5.74) is 1.10. The molecule has 0 unspecified atom stereocenters. The third-order valence-corrected chi connectivity index (χ3v) is 3.03. The number of aliphatic hydroxyl groups excluding tert-OH is 1. The highest BCUT2D eigenvalue weighted by molar-refractivity contribution is 14.1. The van der Waals surface area contributed by atoms with Gasteiger partial charge in [0.25, 0.3) is 0 Å². The van der Waals surface area contributed by atoms with Gasteiger partial charge in [-0.3, -0.25) is 0 Å². The van der Waals surface area contributed by atoms with Gasteiger partial charge in [0.05, 0.1) is 6.10 Å². The molecule has 1 nitrogen and oxygen atoms in total. The third-order valence-electron chi connectivity index (χ3n) is 2.61. The van der Waals surface area contributed by atoms with Crippen LogP contribution < -0.4 is 0 Å². The van der Waals surface area contributed by atoms with Crippen LogP contribution in [0.3, 0.4) is 0 Å². The highest BCUT2D eigenvalue weighted by Gasteiger charge is 2.12. The molecule has 0 heterocycles. The van der Waals surface area contributed by atoms with Crippen LogP contribution in [0.4, 0.5) is 0 Å². The average molecular weight is 322 g/mol. The maximum Gasteiger partial charge on any atom is 0.0807 e. The highest BCUT2D eigenvalue weighted by atomic mass is 127. The molecule has 0 fully saturated rings. The van der Waals surface area contributed by atoms with E-state index in [0.717, 1.165) is 12.0 Å². The van der Waals surface area contributed by atoms with Gasteiger partial charge in [0.1, 0.15) is 0 Å². The Kier molecular flexibility index (Phi) is 9.51. The predicted octanol–water partition coefficient (Wildman–Crippen LogP) is 4.46. The SMILES string of the molecule is CCCCC/C=C(\C)[C@H](O)[C@H](C)/C=C/I. The number of hydrogen-bond donors (Lipinski definition) is 1. The molecule has 0 aliphatic carbocycles. The van der Waals surface area contributed by atoms with Gasteiger partial charge >= 0.3 is 0 Å². The summed E-state index contributed by atoms with van der Waals surface area (Å²) in [5, 5.41) is 9.95. The van der Waals surface area contributed by atoms with Crippen LogP contribution in [0.15, 0.2) is 21.8 Å². The largest absolute Gasteiger partial charge is 0.388 e. The second-order valence-corrected chi connectivity index (χ2v) is 4.79. The van der Waals surface area contributed by atoms with E-state index >= 15 is 0 Å². The molecule has 0 aromatic rings. The van der Waals surface area contributed by atoms with E-state index in [4.69, 9.17) is 0 Å². The Balaban J connectivity index is 4.00. The van der Waals surface area contributed by atoms with Gasteiger partial charge in [-0.2, -0.15) is 0 Å². The van der Waals surface area contributed by atoms with E-state index in [0.29, 0.717) is 0 Å². The third kappa shape index (κ3) is 7.12. The Morgan fingerprint density at radius 3 is 2.60 bits per heavy atom. The molecule has 0 saturated carbocycles. The number of aliphatic hydroxyl groups is 1. The standard InChI is InChI=1S/C13H23IO/c1-4-5-6-7-8-11(2)13(15)12(3)9-10-14/h8-10,12-13,15H,4-7H2,1-3H3/b10-9+,11-8+/t12-,13+/m1/s1. The molecule has 0 aromatic carbocycles. The fourth-order valence-electron chi connectivity index (χ4n) is 1.48. The smallest absolute Gasteiger partial charge is 0.0807 e. The van der Waals surface area contributed by atoms with Crippen molar-refractivity contribution in [1.29, 1.82) is 0 Å². The maximum absolute atomic E-state index is 9.95. The van der Waals surface area contributed by atoms with Crippen molar-refractivity contribution in [3.05, 3.63) is 21.8 Å². The second kappa shape index (κ2) is 9.40. The number of unbranched alkanes of at least 4 members (excludes halogenated alkanes) is 3. The van der Waals surface area contributed by atoms with Gasteiger partial charge in [0.2, 0.25) is 0 Å². The lowest BCUT2D eigenvalue weighted by molar-refractivity contribution is 0.173. The van der Waals surface area contributed by atoms with E-state index in [1.54, 1.807) is 0 Å². The minimum absolute atomic E-state index is 0.212. The lowest BCUT2D eigenvalue weighted by Crippen LogP contribution is -2.16. The van der Waals surface area contributed by atoms with Crippen molar-refractivity contribution in [2.24, 2.45) is 5.92 Å². The molecular formula is C13H23IO. The van der Waals surface area contributed by atoms with E-state index in [1.165, 1.54) is 19.3 Å². The zero-order valence-electron chi connectivity index (χ0n) is 10.0. The lowest BCUT2D eigenvalue weighted by Gasteiger charge is -2.16. The molecule has 15 heavy (non-hydrogen) atoms. The van der Waals surface area contributed by atoms with Gasteiger partial charge in [-0.25, -0.2) is 0 Å². The molecule has 2 heteroatoms. The minimum atomic E-state index is -0.322. The van der Waals surface area contributed by atoms with E-state index in [1.807, 2.05) is 24.0 Å². The van der Waals surface area contributed by atoms with Crippen LogP contribution in [-0.4, -0.2) is 11.2 Å². The molecule has 0 spiro atoms. The zero-order valence-corrected chi connectivity index (χ0v) is 12.2. The molecule has 1 N–H and O–H groups in total. The molecule has 0 bridgehead atoms. The fourth-order valence-corrected chi connectivity index (χ4v) is 2.13. The molecule has 0 aliphatic heterocycles. The van der Waals surface area contributed by atoms with Gasteiger partial charge < -0.3 is 5.11 Å². The van der Waals surface area contributed by atoms with Crippen molar-refractivity contribution in [1.82, 2.24) is 0 Å². The van der Waals surface area contributed by atoms with E-state index in [9.17, 15) is 5.11 Å². The molecule has 0 saturated heterocycles. The molecule has 0 amide bonds. The van der Waals surface area contributed by atoms with Crippen LogP contribution in [0.2, 0.25) is 0 Å². The predicted molar refractivity (Wildman–Crippen MR) is 76.2 cm³/mol. The number of hydrogen-bond acceptors (Lipinski definition) is 1. The fraction of sp³-hybridized carbons (Fsp3) is 0.692. The number of halogens is 1. The second-order valence-electron chi connectivity index (χ2n) is 4.07. The van der Waals surface area contributed by atoms with E-state index in [2.05, 4.69) is 35.6 Å². The van der Waals surface area contributed by atoms with Crippen LogP contribution in [0.25, 0.3) is 0 Å². The Bertz CT molecular complexity index is 209. The Hall–Kier alpha value is 0.170. The minimum Gasteiger partial charge on any atom is -0.388 e. The highest BCUT2D eigenvalue weighted by Crippen LogP contribution is 2.15. The molecule has 88 valence electrons. The first-order chi connectivity index (χ1) is 7.13. The van der Waals surface area contributed by atoms with Crippen molar-refractivity contribution in [2.45, 2.75) is 52.6 Å². The van der Waals surface area contributed by atoms with Gasteiger partial charge in [-0.15, -0.1) is 0 Å². The van der Waals surface area contributed by atoms with Crippen molar-refractivity contribution in [3.8, 4) is 0 Å². The zero-order chi connectivity index (χ0) is 11.7. The summed E-state index contributed by atoms with van der Waals surface area (Å²) in [6.45, 7) is 6.27. The van der Waals surface area contributed by atoms with Gasteiger partial charge in [0.15, 0.2) is 0 Å². The maximum atomic E-state index is 9.95. The van der Waals surface area contributed by atoms with Crippen molar-refractivity contribution < 1.29 is 5.11 Å². The van der Waals surface area contributed by atoms with Crippen LogP contribution in [0.5, 0.6) is 0 Å². The lowest BCUT2D eigenvalue weighted by atomic mass is 9.97. The Morgan fingerprint density at radius 2 is 2.07 bits per heavy atom. The number of rotatable bonds is 7. The van der Waals surface area contributed by atoms with Crippen molar-refractivity contribution >= 4 is 22.6 Å². The Labute approximate surface area is 108 Å². The number of allylic oxidation sites excluding steroid dienone is 1. The van der Waals surface area contributed by atoms with Crippen LogP contribution in [-0.2, 0) is 0 Å². The van der Waals surface area contributed by atoms with Crippen LogP contribution in [0, 0.1) is 5.92 Å². The van der Waals surface area contributed by atoms with E-state index in [-0.39, 0.29) is 12.0 Å². The normalized spacial score (nSPS) is 17.0. The molecule has 0 radical (unpaired) electrons. The first kappa shape index (κ1) is 15.2. The van der Waals surface area contributed by atoms with Crippen LogP contribution in [0.1, 0.15) is 46.5 Å². The van der Waals surface area contributed by atoms with Crippen molar-refractivity contribution in [2.75, 3.05) is 0 Å². The molecule has 0 aromatic heterocycles. The summed E-state index contributed by atoms with van der Waals surface area (Å²) in [5.74, 6) is 0.212. The molecule has 0 rings (SSSR count). The summed E-state index contributed by atoms with van der Waals surface area (Å²) in [7, 11) is 0. The summed E-state index contributed by atoms with van der Waals surface area (Å²) in [4.78, 5) is 0.